The van der Waals surface area contributed by atoms with Crippen molar-refractivity contribution in [3.8, 4) is 11.5 Å². The summed E-state index contributed by atoms with van der Waals surface area (Å²) in [5, 5.41) is 5.88. The van der Waals surface area contributed by atoms with E-state index >= 15 is 0 Å². The highest BCUT2D eigenvalue weighted by atomic mass is 16.5. The summed E-state index contributed by atoms with van der Waals surface area (Å²) in [5.74, 6) is 0.537. The van der Waals surface area contributed by atoms with Crippen LogP contribution in [0.3, 0.4) is 0 Å². The number of amides is 4. The molecule has 1 aromatic carbocycles. The van der Waals surface area contributed by atoms with Gasteiger partial charge in [0, 0.05) is 51.0 Å². The Bertz CT molecular complexity index is 1040. The number of nitrogens with zero attached hydrogens (tertiary/aromatic N) is 3. The molecule has 4 amide bonds. The van der Waals surface area contributed by atoms with E-state index in [9.17, 15) is 14.4 Å². The number of nitrogens with one attached hydrogen (secondary N) is 2. The van der Waals surface area contributed by atoms with Gasteiger partial charge in [-0.3, -0.25) is 9.80 Å². The summed E-state index contributed by atoms with van der Waals surface area (Å²) in [7, 11) is 4.72. The van der Waals surface area contributed by atoms with Crippen LogP contribution in [-0.2, 0) is 9.53 Å². The van der Waals surface area contributed by atoms with E-state index in [0.717, 1.165) is 0 Å². The Morgan fingerprint density at radius 3 is 2.46 bits per heavy atom. The van der Waals surface area contributed by atoms with Crippen molar-refractivity contribution < 1.29 is 28.6 Å². The first-order valence-electron chi connectivity index (χ1n) is 12.6. The molecule has 2 aliphatic heterocycles. The van der Waals surface area contributed by atoms with Gasteiger partial charge in [0.1, 0.15) is 0 Å². The summed E-state index contributed by atoms with van der Waals surface area (Å²) in [4.78, 5) is 44.3. The monoisotopic (exact) mass is 517 g/mol. The number of esters is 1. The molecule has 204 valence electrons. The minimum Gasteiger partial charge on any atom is -0.493 e. The Hall–Kier alpha value is -3.47. The Morgan fingerprint density at radius 1 is 1.16 bits per heavy atom. The summed E-state index contributed by atoms with van der Waals surface area (Å²) in [5.41, 5.74) is 1.60. The van der Waals surface area contributed by atoms with Gasteiger partial charge in [-0.15, -0.1) is 0 Å². The quantitative estimate of drug-likeness (QED) is 0.509. The maximum Gasteiger partial charge on any atom is 0.338 e. The minimum atomic E-state index is -0.729. The number of piperazine rings is 1. The number of methoxy groups -OCH3 is 2. The lowest BCUT2D eigenvalue weighted by atomic mass is 9.93. The Kier molecular flexibility index (Phi) is 9.25. The standard InChI is InChI=1S/C26H39N5O6/c1-8-37-24(32)22-19(15-30-11-12-31(17(4)14-30)26(34)27-16(2)3)29(5)25(33)28-23(22)18-9-10-20(35-6)21(13-18)36-7/h9-10,13,16-17,23H,8,11-12,14-15H2,1-7H3,(H,27,34)(H,28,33)/t17-,23-/m0/s1. The predicted molar refractivity (Wildman–Crippen MR) is 139 cm³/mol. The van der Waals surface area contributed by atoms with E-state index in [2.05, 4.69) is 15.5 Å². The molecule has 2 atom stereocenters. The number of hydrogen-bond acceptors (Lipinski definition) is 7. The van der Waals surface area contributed by atoms with Crippen LogP contribution in [-0.4, -0.2) is 98.9 Å². The van der Waals surface area contributed by atoms with Gasteiger partial charge in [0.05, 0.1) is 32.4 Å². The number of urea groups is 2. The van der Waals surface area contributed by atoms with Crippen LogP contribution in [0.1, 0.15) is 39.3 Å². The molecule has 2 heterocycles. The zero-order chi connectivity index (χ0) is 27.3. The lowest BCUT2D eigenvalue weighted by Gasteiger charge is -2.42. The fourth-order valence-corrected chi connectivity index (χ4v) is 4.70. The maximum absolute atomic E-state index is 13.3. The van der Waals surface area contributed by atoms with E-state index in [1.165, 1.54) is 12.0 Å². The van der Waals surface area contributed by atoms with Gasteiger partial charge in [-0.25, -0.2) is 14.4 Å². The third-order valence-corrected chi connectivity index (χ3v) is 6.57. The average molecular weight is 518 g/mol. The van der Waals surface area contributed by atoms with Gasteiger partial charge < -0.3 is 29.7 Å². The number of ether oxygens (including phenoxy) is 3. The van der Waals surface area contributed by atoms with Crippen molar-refractivity contribution in [3.63, 3.8) is 0 Å². The van der Waals surface area contributed by atoms with Crippen molar-refractivity contribution in [3.05, 3.63) is 35.0 Å². The second-order valence-electron chi connectivity index (χ2n) is 9.52. The van der Waals surface area contributed by atoms with Crippen molar-refractivity contribution >= 4 is 18.0 Å². The molecule has 0 radical (unpaired) electrons. The lowest BCUT2D eigenvalue weighted by molar-refractivity contribution is -0.139. The van der Waals surface area contributed by atoms with Crippen molar-refractivity contribution in [2.24, 2.45) is 0 Å². The second-order valence-corrected chi connectivity index (χ2v) is 9.52. The summed E-state index contributed by atoms with van der Waals surface area (Å²) in [6, 6.07) is 4.16. The summed E-state index contributed by atoms with van der Waals surface area (Å²) in [6.07, 6.45) is 0. The lowest BCUT2D eigenvalue weighted by Crippen LogP contribution is -2.58. The summed E-state index contributed by atoms with van der Waals surface area (Å²) >= 11 is 0. The molecule has 0 unspecified atom stereocenters. The van der Waals surface area contributed by atoms with E-state index in [-0.39, 0.29) is 30.8 Å². The van der Waals surface area contributed by atoms with Crippen molar-refractivity contribution in [2.45, 2.75) is 45.8 Å². The first-order chi connectivity index (χ1) is 17.6. The molecule has 0 saturated carbocycles. The molecular formula is C26H39N5O6. The molecule has 1 fully saturated rings. The molecule has 0 aliphatic carbocycles. The third-order valence-electron chi connectivity index (χ3n) is 6.57. The smallest absolute Gasteiger partial charge is 0.338 e. The fourth-order valence-electron chi connectivity index (χ4n) is 4.70. The van der Waals surface area contributed by atoms with Crippen LogP contribution >= 0.6 is 0 Å². The molecule has 0 spiro atoms. The van der Waals surface area contributed by atoms with Gasteiger partial charge in [-0.05, 0) is 45.4 Å². The Balaban J connectivity index is 1.95. The van der Waals surface area contributed by atoms with Crippen LogP contribution in [0.5, 0.6) is 11.5 Å². The largest absolute Gasteiger partial charge is 0.493 e. The molecule has 3 rings (SSSR count). The summed E-state index contributed by atoms with van der Waals surface area (Å²) < 4.78 is 16.2. The topological polar surface area (TPSA) is 113 Å². The number of hydrogen-bond donors (Lipinski definition) is 2. The van der Waals surface area contributed by atoms with Crippen molar-refractivity contribution in [1.82, 2.24) is 25.3 Å². The molecule has 11 heteroatoms. The van der Waals surface area contributed by atoms with Gasteiger partial charge >= 0.3 is 18.0 Å². The van der Waals surface area contributed by atoms with Gasteiger partial charge in [0.15, 0.2) is 11.5 Å². The normalized spacial score (nSPS) is 20.6. The fraction of sp³-hybridized carbons (Fsp3) is 0.577. The van der Waals surface area contributed by atoms with E-state index < -0.39 is 12.0 Å². The highest BCUT2D eigenvalue weighted by molar-refractivity contribution is 5.95. The van der Waals surface area contributed by atoms with Crippen LogP contribution in [0.2, 0.25) is 0 Å². The molecule has 2 N–H and O–H groups in total. The first-order valence-corrected chi connectivity index (χ1v) is 12.6. The zero-order valence-electron chi connectivity index (χ0n) is 22.8. The Labute approximate surface area is 218 Å². The van der Waals surface area contributed by atoms with E-state index in [1.807, 2.05) is 25.7 Å². The van der Waals surface area contributed by atoms with Crippen molar-refractivity contribution in [2.75, 3.05) is 54.1 Å². The number of carbonyl (C=O) groups is 3. The van der Waals surface area contributed by atoms with Crippen LogP contribution < -0.4 is 20.1 Å². The third kappa shape index (κ3) is 6.27. The second kappa shape index (κ2) is 12.2. The van der Waals surface area contributed by atoms with E-state index in [4.69, 9.17) is 14.2 Å². The molecule has 0 bridgehead atoms. The molecule has 37 heavy (non-hydrogen) atoms. The van der Waals surface area contributed by atoms with Gasteiger partial charge in [-0.1, -0.05) is 6.07 Å². The molecule has 1 aromatic rings. The van der Waals surface area contributed by atoms with Crippen LogP contribution in [0, 0.1) is 0 Å². The first kappa shape index (κ1) is 28.1. The molecule has 2 aliphatic rings. The Morgan fingerprint density at radius 2 is 1.86 bits per heavy atom. The molecule has 0 aromatic heterocycles. The number of rotatable bonds is 8. The highest BCUT2D eigenvalue weighted by Gasteiger charge is 2.38. The van der Waals surface area contributed by atoms with Crippen LogP contribution in [0.25, 0.3) is 0 Å². The zero-order valence-corrected chi connectivity index (χ0v) is 22.8. The van der Waals surface area contributed by atoms with Gasteiger partial charge in [-0.2, -0.15) is 0 Å². The SMILES string of the molecule is CCOC(=O)C1=C(CN2CCN(C(=O)NC(C)C)[C@@H](C)C2)N(C)C(=O)N[C@H]1c1ccc(OC)c(OC)c1. The highest BCUT2D eigenvalue weighted by Crippen LogP contribution is 2.36. The number of likely N-dealkylation sites (N-methyl/N-ethyl adjacent to an activating group) is 1. The summed E-state index contributed by atoms with van der Waals surface area (Å²) in [6.45, 7) is 9.90. The minimum absolute atomic E-state index is 0.0384. The van der Waals surface area contributed by atoms with Crippen LogP contribution in [0.15, 0.2) is 29.5 Å². The molecular weight excluding hydrogens is 478 g/mol. The van der Waals surface area contributed by atoms with E-state index in [1.54, 1.807) is 39.3 Å². The van der Waals surface area contributed by atoms with Crippen molar-refractivity contribution in [1.29, 1.82) is 0 Å². The van der Waals surface area contributed by atoms with Crippen LogP contribution in [0.4, 0.5) is 9.59 Å². The average Bonchev–Trinajstić information content (AvgIpc) is 2.85. The molecule has 11 nitrogen and oxygen atoms in total. The predicted octanol–water partition coefficient (Wildman–Crippen LogP) is 2.34. The maximum atomic E-state index is 13.3. The molecule has 1 saturated heterocycles. The van der Waals surface area contributed by atoms with Gasteiger partial charge in [0.25, 0.3) is 0 Å². The van der Waals surface area contributed by atoms with Gasteiger partial charge in [0.2, 0.25) is 0 Å². The number of benzene rings is 1. The van der Waals surface area contributed by atoms with E-state index in [0.29, 0.717) is 54.5 Å². The number of carbonyl (C=O) groups excluding carboxylic acids is 3.